The van der Waals surface area contributed by atoms with E-state index in [2.05, 4.69) is 9.48 Å². The summed E-state index contributed by atoms with van der Waals surface area (Å²) in [6, 6.07) is 16.1. The lowest BCUT2D eigenvalue weighted by molar-refractivity contribution is -0.136. The number of hydrogen-bond donors (Lipinski definition) is 1. The number of carbonyl (C=O) groups excluding carboxylic acids is 2. The van der Waals surface area contributed by atoms with Gasteiger partial charge in [0, 0.05) is 77.4 Å². The van der Waals surface area contributed by atoms with Crippen LogP contribution in [0.5, 0.6) is 0 Å². The monoisotopic (exact) mass is 845 g/mol. The Morgan fingerprint density at radius 3 is 2.02 bits per heavy atom. The van der Waals surface area contributed by atoms with Gasteiger partial charge in [-0.3, -0.25) is 14.5 Å². The average Bonchev–Trinajstić information content (AvgIpc) is 3.50. The summed E-state index contributed by atoms with van der Waals surface area (Å²) in [5.74, 6) is -10.4. The maximum absolute atomic E-state index is 15.4. The van der Waals surface area contributed by atoms with Crippen LogP contribution in [0.3, 0.4) is 0 Å². The van der Waals surface area contributed by atoms with Crippen molar-refractivity contribution in [1.29, 1.82) is 0 Å². The molecule has 57 heavy (non-hydrogen) atoms. The van der Waals surface area contributed by atoms with Gasteiger partial charge in [0.15, 0.2) is 28.2 Å². The fourth-order valence-electron chi connectivity index (χ4n) is 6.71. The van der Waals surface area contributed by atoms with Gasteiger partial charge in [-0.1, -0.05) is 18.2 Å². The molecule has 0 saturated carbocycles. The Morgan fingerprint density at radius 2 is 1.40 bits per heavy atom. The number of fused-ring (bicyclic) bond motifs is 2. The first-order valence-electron chi connectivity index (χ1n) is 17.8. The van der Waals surface area contributed by atoms with Gasteiger partial charge in [0.25, 0.3) is 31.9 Å². The Hall–Kier alpha value is -5.04. The van der Waals surface area contributed by atoms with E-state index in [4.69, 9.17) is 4.42 Å². The number of benzene rings is 4. The molecule has 0 unspecified atom stereocenters. The van der Waals surface area contributed by atoms with Gasteiger partial charge in [-0.25, -0.2) is 39.0 Å². The standard InChI is InChI=1S/C39H37F4N4O7S3/c1-5-45(6-2)23-13-15-25-28(21-23)54-29-22-24(46(7-3)8-4)14-16-26(29)33(25)27-11-9-10-12-30(27)56(50,51)44-57(52,53)39-36(42)34(40)38(35(41)37(39)43)55-20-19-47-31(48)17-18-32(47)49/h9-18,21-22,44H,5-8,19-20H2,1-4H3/q+1. The molecule has 3 aromatic carbocycles. The molecule has 2 aliphatic heterocycles. The van der Waals surface area contributed by atoms with E-state index in [0.717, 1.165) is 34.2 Å². The third-order valence-corrected chi connectivity index (χ3v) is 14.1. The first-order chi connectivity index (χ1) is 27.1. The van der Waals surface area contributed by atoms with Crippen LogP contribution in [-0.2, 0) is 29.6 Å². The van der Waals surface area contributed by atoms with E-state index < -0.39 is 75.6 Å². The number of rotatable bonds is 14. The molecule has 0 saturated heterocycles. The predicted molar refractivity (Wildman–Crippen MR) is 209 cm³/mol. The smallest absolute Gasteiger partial charge is 0.259 e. The number of nitrogens with one attached hydrogen (secondary N) is 1. The molecule has 2 amide bonds. The third-order valence-electron chi connectivity index (χ3n) is 9.52. The number of sulfonamides is 2. The molecule has 0 atom stereocenters. The number of thioether (sulfide) groups is 1. The SMILES string of the molecule is CCN(CC)c1ccc2c(-c3ccccc3S(=O)(=O)NS(=O)(=O)c3c(F)c(F)c(SCCN4C(=O)C=CC4=O)c(F)c3F)c3ccc(=[N+](CC)CC)cc-3oc2c1. The van der Waals surface area contributed by atoms with Crippen molar-refractivity contribution >= 4 is 60.3 Å². The van der Waals surface area contributed by atoms with Gasteiger partial charge >= 0.3 is 0 Å². The molecule has 1 aliphatic carbocycles. The van der Waals surface area contributed by atoms with Crippen LogP contribution >= 0.6 is 11.8 Å². The van der Waals surface area contributed by atoms with Crippen molar-refractivity contribution in [1.82, 2.24) is 13.6 Å². The highest BCUT2D eigenvalue weighted by Gasteiger charge is 2.37. The molecule has 0 spiro atoms. The molecule has 0 fully saturated rings. The highest BCUT2D eigenvalue weighted by molar-refractivity contribution is 8.04. The number of hydrogen-bond acceptors (Lipinski definition) is 9. The molecule has 6 rings (SSSR count). The van der Waals surface area contributed by atoms with Gasteiger partial charge in [0.1, 0.15) is 24.4 Å². The molecule has 3 aliphatic rings. The fourth-order valence-corrected chi connectivity index (χ4v) is 10.8. The van der Waals surface area contributed by atoms with Crippen molar-refractivity contribution in [2.75, 3.05) is 43.4 Å². The van der Waals surface area contributed by atoms with Crippen LogP contribution in [0.15, 0.2) is 91.9 Å². The van der Waals surface area contributed by atoms with E-state index in [1.807, 2.05) is 52.0 Å². The summed E-state index contributed by atoms with van der Waals surface area (Å²) >= 11 is 0.183. The van der Waals surface area contributed by atoms with Gasteiger partial charge in [-0.2, -0.15) is 0 Å². The molecule has 300 valence electrons. The number of imide groups is 1. The summed E-state index contributed by atoms with van der Waals surface area (Å²) in [6.07, 6.45) is 1.94. The molecule has 0 aromatic heterocycles. The maximum Gasteiger partial charge on any atom is 0.259 e. The zero-order chi connectivity index (χ0) is 41.4. The highest BCUT2D eigenvalue weighted by Crippen LogP contribution is 2.43. The lowest BCUT2D eigenvalue weighted by Gasteiger charge is -2.23. The van der Waals surface area contributed by atoms with Crippen LogP contribution in [0.2, 0.25) is 0 Å². The second kappa shape index (κ2) is 16.4. The van der Waals surface area contributed by atoms with E-state index in [0.29, 0.717) is 54.0 Å². The van der Waals surface area contributed by atoms with Crippen molar-refractivity contribution in [2.24, 2.45) is 0 Å². The van der Waals surface area contributed by atoms with Crippen LogP contribution in [0.4, 0.5) is 23.2 Å². The van der Waals surface area contributed by atoms with Crippen LogP contribution < -0.4 is 19.0 Å². The molecular formula is C39H37F4N4O7S3+. The lowest BCUT2D eigenvalue weighted by atomic mass is 9.93. The van der Waals surface area contributed by atoms with E-state index in [1.165, 1.54) is 22.3 Å². The molecule has 3 aromatic rings. The summed E-state index contributed by atoms with van der Waals surface area (Å²) in [4.78, 5) is 22.3. The Morgan fingerprint density at radius 1 is 0.772 bits per heavy atom. The van der Waals surface area contributed by atoms with Crippen molar-refractivity contribution in [2.45, 2.75) is 42.4 Å². The Bertz CT molecular complexity index is 2680. The number of nitrogens with zero attached hydrogens (tertiary/aromatic N) is 3. The van der Waals surface area contributed by atoms with Crippen LogP contribution in [0, 0.1) is 23.3 Å². The van der Waals surface area contributed by atoms with Crippen LogP contribution in [0.1, 0.15) is 27.7 Å². The molecule has 2 heterocycles. The average molecular weight is 846 g/mol. The molecule has 1 N–H and O–H groups in total. The summed E-state index contributed by atoms with van der Waals surface area (Å²) in [5.41, 5.74) is 2.01. The van der Waals surface area contributed by atoms with Crippen LogP contribution in [0.25, 0.3) is 33.4 Å². The molecule has 0 bridgehead atoms. The third kappa shape index (κ3) is 7.82. The summed E-state index contributed by atoms with van der Waals surface area (Å²) in [5, 5.41) is 1.29. The largest absolute Gasteiger partial charge is 0.456 e. The first kappa shape index (κ1) is 41.6. The topological polar surface area (TPSA) is 137 Å². The van der Waals surface area contributed by atoms with Gasteiger partial charge in [0.05, 0.1) is 15.9 Å². The normalized spacial score (nSPS) is 13.4. The summed E-state index contributed by atoms with van der Waals surface area (Å²) in [6.45, 7) is 10.3. The number of anilines is 1. The number of amides is 2. The molecule has 11 nitrogen and oxygen atoms in total. The Labute approximate surface area is 330 Å². The zero-order valence-corrected chi connectivity index (χ0v) is 33.6. The van der Waals surface area contributed by atoms with Gasteiger partial charge < -0.3 is 9.32 Å². The van der Waals surface area contributed by atoms with Crippen molar-refractivity contribution < 1.29 is 48.4 Å². The van der Waals surface area contributed by atoms with Gasteiger partial charge in [-0.15, -0.1) is 15.9 Å². The summed E-state index contributed by atoms with van der Waals surface area (Å²) < 4.78 is 126. The zero-order valence-electron chi connectivity index (χ0n) is 31.1. The minimum absolute atomic E-state index is 0.00704. The maximum atomic E-state index is 15.4. The second-order valence-electron chi connectivity index (χ2n) is 12.7. The fraction of sp³-hybridized carbons (Fsp3) is 0.256. The quantitative estimate of drug-likeness (QED) is 0.0351. The van der Waals surface area contributed by atoms with Crippen molar-refractivity contribution in [3.8, 4) is 22.5 Å². The number of carbonyl (C=O) groups is 2. The minimum Gasteiger partial charge on any atom is -0.456 e. The highest BCUT2D eigenvalue weighted by atomic mass is 32.3. The predicted octanol–water partition coefficient (Wildman–Crippen LogP) is 6.10. The van der Waals surface area contributed by atoms with E-state index in [-0.39, 0.29) is 23.9 Å². The van der Waals surface area contributed by atoms with Gasteiger partial charge in [-0.05, 0) is 52.0 Å². The summed E-state index contributed by atoms with van der Waals surface area (Å²) in [7, 11) is -11.2. The number of halogens is 4. The minimum atomic E-state index is -5.88. The molecule has 18 heteroatoms. The van der Waals surface area contributed by atoms with Crippen molar-refractivity contribution in [3.63, 3.8) is 0 Å². The van der Waals surface area contributed by atoms with Gasteiger partial charge in [0.2, 0.25) is 5.36 Å². The lowest BCUT2D eigenvalue weighted by Crippen LogP contribution is -2.33. The van der Waals surface area contributed by atoms with Crippen LogP contribution in [-0.4, -0.2) is 72.0 Å². The molecular weight excluding hydrogens is 809 g/mol. The Kier molecular flexibility index (Phi) is 12.0. The van der Waals surface area contributed by atoms with E-state index in [9.17, 15) is 26.4 Å². The van der Waals surface area contributed by atoms with E-state index >= 15 is 17.6 Å². The first-order valence-corrected chi connectivity index (χ1v) is 21.8. The van der Waals surface area contributed by atoms with E-state index in [1.54, 1.807) is 12.1 Å². The second-order valence-corrected chi connectivity index (χ2v) is 17.3. The Balaban J connectivity index is 1.45. The van der Waals surface area contributed by atoms with Crippen molar-refractivity contribution in [3.05, 3.63) is 101 Å². The molecule has 0 radical (unpaired) electrons.